The fourth-order valence-corrected chi connectivity index (χ4v) is 1.87. The van der Waals surface area contributed by atoms with Gasteiger partial charge in [0.2, 0.25) is 5.89 Å². The van der Waals surface area contributed by atoms with Gasteiger partial charge in [-0.25, -0.2) is 4.98 Å². The van der Waals surface area contributed by atoms with Gasteiger partial charge in [0.1, 0.15) is 5.76 Å². The first-order chi connectivity index (χ1) is 10.2. The molecule has 22 heavy (non-hydrogen) atoms. The summed E-state index contributed by atoms with van der Waals surface area (Å²) in [6.07, 6.45) is 4.54. The minimum atomic E-state index is 0. The van der Waals surface area contributed by atoms with E-state index >= 15 is 0 Å². The highest BCUT2D eigenvalue weighted by Crippen LogP contribution is 2.07. The molecule has 0 aromatic carbocycles. The van der Waals surface area contributed by atoms with Gasteiger partial charge in [-0.3, -0.25) is 9.98 Å². The smallest absolute Gasteiger partial charge is 0.214 e. The Morgan fingerprint density at radius 3 is 2.73 bits per heavy atom. The van der Waals surface area contributed by atoms with Crippen LogP contribution >= 0.6 is 24.0 Å². The highest BCUT2D eigenvalue weighted by molar-refractivity contribution is 14.0. The second-order valence-electron chi connectivity index (χ2n) is 4.71. The quantitative estimate of drug-likeness (QED) is 0.445. The van der Waals surface area contributed by atoms with Gasteiger partial charge >= 0.3 is 0 Å². The first-order valence-corrected chi connectivity index (χ1v) is 6.95. The van der Waals surface area contributed by atoms with Gasteiger partial charge in [-0.2, -0.15) is 0 Å². The van der Waals surface area contributed by atoms with E-state index in [1.807, 2.05) is 26.1 Å². The molecular weight excluding hydrogens is 393 g/mol. The van der Waals surface area contributed by atoms with Crippen LogP contribution < -0.4 is 10.6 Å². The molecule has 0 aliphatic carbocycles. The average Bonchev–Trinajstić information content (AvgIpc) is 2.82. The predicted molar refractivity (Wildman–Crippen MR) is 97.5 cm³/mol. The van der Waals surface area contributed by atoms with E-state index in [1.165, 1.54) is 5.56 Å². The molecule has 7 heteroatoms. The Kier molecular flexibility index (Phi) is 7.86. The van der Waals surface area contributed by atoms with Gasteiger partial charge in [-0.15, -0.1) is 24.0 Å². The van der Waals surface area contributed by atoms with Crippen LogP contribution in [0.5, 0.6) is 0 Å². The van der Waals surface area contributed by atoms with Crippen LogP contribution in [0.15, 0.2) is 33.9 Å². The van der Waals surface area contributed by atoms with E-state index in [-0.39, 0.29) is 24.0 Å². The molecule has 0 radical (unpaired) electrons. The molecule has 2 rings (SSSR count). The minimum absolute atomic E-state index is 0. The number of hydrogen-bond acceptors (Lipinski definition) is 4. The third-order valence-corrected chi connectivity index (χ3v) is 3.13. The molecule has 2 N–H and O–H groups in total. The Hall–Kier alpha value is -1.64. The van der Waals surface area contributed by atoms with Crippen LogP contribution in [-0.4, -0.2) is 29.5 Å². The van der Waals surface area contributed by atoms with E-state index < -0.39 is 0 Å². The summed E-state index contributed by atoms with van der Waals surface area (Å²) in [5.74, 6) is 2.25. The Labute approximate surface area is 147 Å². The van der Waals surface area contributed by atoms with Crippen LogP contribution in [0.3, 0.4) is 0 Å². The lowest BCUT2D eigenvalue weighted by atomic mass is 10.2. The molecule has 0 atom stereocenters. The van der Waals surface area contributed by atoms with Gasteiger partial charge < -0.3 is 15.1 Å². The van der Waals surface area contributed by atoms with Gasteiger partial charge in [0.05, 0.1) is 12.2 Å². The molecule has 0 aliphatic rings. The maximum Gasteiger partial charge on any atom is 0.214 e. The summed E-state index contributed by atoms with van der Waals surface area (Å²) in [5.41, 5.74) is 2.12. The normalized spacial score (nSPS) is 11.0. The number of oxazole rings is 1. The van der Waals surface area contributed by atoms with Crippen molar-refractivity contribution in [2.24, 2.45) is 4.99 Å². The van der Waals surface area contributed by atoms with Gasteiger partial charge in [0, 0.05) is 26.0 Å². The molecule has 0 amide bonds. The van der Waals surface area contributed by atoms with Gasteiger partial charge in [-0.1, -0.05) is 6.07 Å². The van der Waals surface area contributed by atoms with Crippen molar-refractivity contribution >= 4 is 29.9 Å². The van der Waals surface area contributed by atoms with Gasteiger partial charge in [0.15, 0.2) is 5.96 Å². The van der Waals surface area contributed by atoms with Crippen LogP contribution in [0.4, 0.5) is 0 Å². The fourth-order valence-electron chi connectivity index (χ4n) is 1.87. The Balaban J connectivity index is 0.00000242. The van der Waals surface area contributed by atoms with Crippen LogP contribution in [0.1, 0.15) is 22.9 Å². The molecule has 2 heterocycles. The molecule has 0 aliphatic heterocycles. The fraction of sp³-hybridized carbons (Fsp3) is 0.400. The molecule has 0 fully saturated rings. The summed E-state index contributed by atoms with van der Waals surface area (Å²) in [6.45, 7) is 5.15. The number of aryl methyl sites for hydroxylation is 2. The zero-order valence-corrected chi connectivity index (χ0v) is 15.4. The Morgan fingerprint density at radius 1 is 1.32 bits per heavy atom. The average molecular weight is 415 g/mol. The van der Waals surface area contributed by atoms with Crippen LogP contribution in [0.25, 0.3) is 0 Å². The summed E-state index contributed by atoms with van der Waals surface area (Å²) in [5, 5.41) is 6.43. The lowest BCUT2D eigenvalue weighted by Gasteiger charge is -2.10. The van der Waals surface area contributed by atoms with E-state index in [2.05, 4.69) is 31.7 Å². The number of pyridine rings is 1. The molecule has 120 valence electrons. The number of aromatic nitrogens is 2. The zero-order chi connectivity index (χ0) is 15.1. The van der Waals surface area contributed by atoms with Crippen molar-refractivity contribution in [2.75, 3.05) is 13.6 Å². The van der Waals surface area contributed by atoms with Crippen molar-refractivity contribution in [1.82, 2.24) is 20.6 Å². The second-order valence-corrected chi connectivity index (χ2v) is 4.71. The van der Waals surface area contributed by atoms with Crippen molar-refractivity contribution in [3.63, 3.8) is 0 Å². The largest absolute Gasteiger partial charge is 0.444 e. The highest BCUT2D eigenvalue weighted by atomic mass is 127. The van der Waals surface area contributed by atoms with E-state index in [4.69, 9.17) is 4.42 Å². The van der Waals surface area contributed by atoms with Crippen LogP contribution in [0, 0.1) is 13.8 Å². The lowest BCUT2D eigenvalue weighted by Crippen LogP contribution is -2.37. The number of aliphatic imine (C=N–C) groups is 1. The number of guanidine groups is 1. The highest BCUT2D eigenvalue weighted by Gasteiger charge is 2.06. The SMILES string of the molecule is CN=C(NCCc1cccnc1)NCc1nc(C)c(C)o1.I. The molecule has 2 aromatic heterocycles. The number of rotatable bonds is 5. The monoisotopic (exact) mass is 415 g/mol. The third-order valence-electron chi connectivity index (χ3n) is 3.13. The molecule has 0 unspecified atom stereocenters. The number of halogens is 1. The van der Waals surface area contributed by atoms with Crippen molar-refractivity contribution in [3.05, 3.63) is 47.4 Å². The van der Waals surface area contributed by atoms with E-state index in [0.717, 1.165) is 30.4 Å². The first kappa shape index (κ1) is 18.4. The van der Waals surface area contributed by atoms with E-state index in [0.29, 0.717) is 12.4 Å². The second kappa shape index (κ2) is 9.39. The molecular formula is C15H22IN5O. The summed E-state index contributed by atoms with van der Waals surface area (Å²) in [7, 11) is 1.74. The van der Waals surface area contributed by atoms with Gasteiger partial charge in [-0.05, 0) is 31.9 Å². The lowest BCUT2D eigenvalue weighted by molar-refractivity contribution is 0.464. The van der Waals surface area contributed by atoms with Crippen molar-refractivity contribution in [1.29, 1.82) is 0 Å². The first-order valence-electron chi connectivity index (χ1n) is 6.95. The molecule has 0 bridgehead atoms. The number of hydrogen-bond donors (Lipinski definition) is 2. The summed E-state index contributed by atoms with van der Waals surface area (Å²) in [6, 6.07) is 4.00. The maximum absolute atomic E-state index is 5.52. The predicted octanol–water partition coefficient (Wildman–Crippen LogP) is 2.21. The summed E-state index contributed by atoms with van der Waals surface area (Å²) < 4.78 is 5.52. The minimum Gasteiger partial charge on any atom is -0.444 e. The summed E-state index contributed by atoms with van der Waals surface area (Å²) >= 11 is 0. The van der Waals surface area contributed by atoms with Crippen molar-refractivity contribution in [3.8, 4) is 0 Å². The number of nitrogens with zero attached hydrogens (tertiary/aromatic N) is 3. The Bertz CT molecular complexity index is 578. The number of nitrogens with one attached hydrogen (secondary N) is 2. The molecule has 0 spiro atoms. The Morgan fingerprint density at radius 2 is 2.14 bits per heavy atom. The molecule has 6 nitrogen and oxygen atoms in total. The molecule has 0 saturated heterocycles. The topological polar surface area (TPSA) is 75.3 Å². The summed E-state index contributed by atoms with van der Waals surface area (Å²) in [4.78, 5) is 12.6. The van der Waals surface area contributed by atoms with Gasteiger partial charge in [0.25, 0.3) is 0 Å². The van der Waals surface area contributed by atoms with Crippen molar-refractivity contribution < 1.29 is 4.42 Å². The molecule has 2 aromatic rings. The van der Waals surface area contributed by atoms with Crippen LogP contribution in [0.2, 0.25) is 0 Å². The van der Waals surface area contributed by atoms with E-state index in [9.17, 15) is 0 Å². The zero-order valence-electron chi connectivity index (χ0n) is 13.1. The van der Waals surface area contributed by atoms with E-state index in [1.54, 1.807) is 13.2 Å². The third kappa shape index (κ3) is 5.63. The van der Waals surface area contributed by atoms with Crippen molar-refractivity contribution in [2.45, 2.75) is 26.8 Å². The van der Waals surface area contributed by atoms with Crippen LogP contribution in [-0.2, 0) is 13.0 Å². The maximum atomic E-state index is 5.52. The molecule has 0 saturated carbocycles. The standard InChI is InChI=1S/C15H21N5O.HI/c1-11-12(2)21-14(20-11)10-19-15(16-3)18-8-6-13-5-4-7-17-9-13;/h4-5,7,9H,6,8,10H2,1-3H3,(H2,16,18,19);1H.